The van der Waals surface area contributed by atoms with E-state index >= 15 is 0 Å². The predicted octanol–water partition coefficient (Wildman–Crippen LogP) is 6.23. The Morgan fingerprint density at radius 2 is 1.58 bits per heavy atom. The highest BCUT2D eigenvalue weighted by Crippen LogP contribution is 2.36. The molecule has 1 N–H and O–H groups in total. The third kappa shape index (κ3) is 4.71. The van der Waals surface area contributed by atoms with Gasteiger partial charge in [0, 0.05) is 10.6 Å². The monoisotopic (exact) mass is 460 g/mol. The fourth-order valence-corrected chi connectivity index (χ4v) is 4.44. The van der Waals surface area contributed by atoms with Crippen molar-refractivity contribution >= 4 is 40.1 Å². The van der Waals surface area contributed by atoms with Gasteiger partial charge in [0.25, 0.3) is 11.8 Å². The smallest absolute Gasteiger partial charge is 0.282 e. The van der Waals surface area contributed by atoms with E-state index in [0.29, 0.717) is 16.9 Å². The van der Waals surface area contributed by atoms with E-state index < -0.39 is 0 Å². The van der Waals surface area contributed by atoms with Gasteiger partial charge in [-0.3, -0.25) is 9.59 Å². The Hall–Kier alpha value is -3.38. The first-order chi connectivity index (χ1) is 15.6. The van der Waals surface area contributed by atoms with Crippen LogP contribution in [0.4, 0.5) is 11.4 Å². The lowest BCUT2D eigenvalue weighted by atomic mass is 9.87. The van der Waals surface area contributed by atoms with Gasteiger partial charge in [0.15, 0.2) is 0 Å². The highest BCUT2D eigenvalue weighted by Gasteiger charge is 2.40. The molecule has 0 aliphatic carbocycles. The van der Waals surface area contributed by atoms with Crippen molar-refractivity contribution in [3.05, 3.63) is 82.2 Å². The number of amides is 2. The molecule has 0 unspecified atom stereocenters. The molecule has 6 heteroatoms. The molecule has 5 nitrogen and oxygen atoms in total. The van der Waals surface area contributed by atoms with Gasteiger partial charge in [0.1, 0.15) is 11.4 Å². The van der Waals surface area contributed by atoms with Crippen LogP contribution in [0.1, 0.15) is 45.1 Å². The Morgan fingerprint density at radius 1 is 0.909 bits per heavy atom. The average Bonchev–Trinajstić information content (AvgIpc) is 3.35. The molecule has 0 spiro atoms. The molecule has 2 heterocycles. The lowest BCUT2D eigenvalue weighted by Gasteiger charge is -2.21. The summed E-state index contributed by atoms with van der Waals surface area (Å²) in [5, 5.41) is 5.09. The van der Waals surface area contributed by atoms with E-state index in [1.165, 1.54) is 16.2 Å². The van der Waals surface area contributed by atoms with Gasteiger partial charge in [-0.05, 0) is 72.7 Å². The van der Waals surface area contributed by atoms with Crippen LogP contribution in [0.3, 0.4) is 0 Å². The molecule has 0 radical (unpaired) electrons. The van der Waals surface area contributed by atoms with Gasteiger partial charge in [-0.15, -0.1) is 11.3 Å². The summed E-state index contributed by atoms with van der Waals surface area (Å²) in [5.41, 5.74) is 3.05. The van der Waals surface area contributed by atoms with Crippen molar-refractivity contribution in [2.75, 3.05) is 10.2 Å². The first-order valence-electron chi connectivity index (χ1n) is 11.0. The minimum atomic E-state index is -0.366. The van der Waals surface area contributed by atoms with Gasteiger partial charge in [-0.25, -0.2) is 4.90 Å². The molecule has 0 saturated heterocycles. The molecule has 1 aromatic heterocycles. The molecule has 0 saturated carbocycles. The number of thiophene rings is 1. The summed E-state index contributed by atoms with van der Waals surface area (Å²) in [6.07, 6.45) is 0.0733. The zero-order valence-electron chi connectivity index (χ0n) is 19.5. The largest absolute Gasteiger partial charge is 0.491 e. The Labute approximate surface area is 198 Å². The van der Waals surface area contributed by atoms with Crippen LogP contribution < -0.4 is 15.0 Å². The van der Waals surface area contributed by atoms with E-state index in [0.717, 1.165) is 16.2 Å². The third-order valence-electron chi connectivity index (χ3n) is 5.34. The zero-order chi connectivity index (χ0) is 23.8. The highest BCUT2D eigenvalue weighted by molar-refractivity contribution is 7.11. The Bertz CT molecular complexity index is 1190. The Morgan fingerprint density at radius 3 is 2.12 bits per heavy atom. The van der Waals surface area contributed by atoms with Crippen molar-refractivity contribution in [1.29, 1.82) is 0 Å². The van der Waals surface area contributed by atoms with E-state index in [-0.39, 0.29) is 29.0 Å². The summed E-state index contributed by atoms with van der Waals surface area (Å²) < 4.78 is 5.70. The molecule has 2 aromatic carbocycles. The quantitative estimate of drug-likeness (QED) is 0.443. The predicted molar refractivity (Wildman–Crippen MR) is 135 cm³/mol. The fourth-order valence-electron chi connectivity index (χ4n) is 3.67. The van der Waals surface area contributed by atoms with Crippen LogP contribution in [-0.4, -0.2) is 17.9 Å². The number of nitrogens with zero attached hydrogens (tertiary/aromatic N) is 1. The van der Waals surface area contributed by atoms with E-state index in [2.05, 4.69) is 26.1 Å². The number of imide groups is 1. The summed E-state index contributed by atoms with van der Waals surface area (Å²) in [6, 6.07) is 18.7. The maximum absolute atomic E-state index is 13.5. The molecule has 0 fully saturated rings. The summed E-state index contributed by atoms with van der Waals surface area (Å²) in [4.78, 5) is 29.0. The zero-order valence-corrected chi connectivity index (χ0v) is 20.3. The molecule has 2 amide bonds. The fraction of sp³-hybridized carbons (Fsp3) is 0.259. The van der Waals surface area contributed by atoms with Crippen LogP contribution >= 0.6 is 11.3 Å². The van der Waals surface area contributed by atoms with Crippen molar-refractivity contribution < 1.29 is 14.3 Å². The van der Waals surface area contributed by atoms with E-state index in [1.807, 2.05) is 79.9 Å². The minimum Gasteiger partial charge on any atom is -0.491 e. The van der Waals surface area contributed by atoms with Crippen LogP contribution in [-0.2, 0) is 15.0 Å². The molecular weight excluding hydrogens is 432 g/mol. The van der Waals surface area contributed by atoms with Crippen LogP contribution in [0, 0.1) is 0 Å². The number of anilines is 2. The van der Waals surface area contributed by atoms with Gasteiger partial charge in [-0.2, -0.15) is 0 Å². The Balaban J connectivity index is 1.68. The molecule has 4 rings (SSSR count). The van der Waals surface area contributed by atoms with E-state index in [4.69, 9.17) is 4.74 Å². The number of hydrogen-bond donors (Lipinski definition) is 1. The molecule has 33 heavy (non-hydrogen) atoms. The number of hydrogen-bond acceptors (Lipinski definition) is 5. The van der Waals surface area contributed by atoms with E-state index in [1.54, 1.807) is 0 Å². The van der Waals surface area contributed by atoms with Gasteiger partial charge < -0.3 is 10.1 Å². The van der Waals surface area contributed by atoms with Crippen molar-refractivity contribution in [3.8, 4) is 5.75 Å². The Kier molecular flexibility index (Phi) is 6.13. The second-order valence-corrected chi connectivity index (χ2v) is 10.2. The van der Waals surface area contributed by atoms with Crippen molar-refractivity contribution in [2.45, 2.75) is 46.1 Å². The first kappa shape index (κ1) is 22.8. The molecule has 3 aromatic rings. The summed E-state index contributed by atoms with van der Waals surface area (Å²) >= 11 is 1.44. The number of benzene rings is 2. The van der Waals surface area contributed by atoms with Crippen LogP contribution in [0.25, 0.3) is 5.57 Å². The van der Waals surface area contributed by atoms with Gasteiger partial charge in [0.05, 0.1) is 17.4 Å². The normalized spacial score (nSPS) is 14.4. The summed E-state index contributed by atoms with van der Waals surface area (Å²) in [7, 11) is 0. The minimum absolute atomic E-state index is 0.0178. The number of ether oxygens (including phenoxy) is 1. The number of carbonyl (C=O) groups is 2. The summed E-state index contributed by atoms with van der Waals surface area (Å²) in [6.45, 7) is 10.3. The van der Waals surface area contributed by atoms with Crippen LogP contribution in [0.15, 0.2) is 71.7 Å². The van der Waals surface area contributed by atoms with Crippen LogP contribution in [0.5, 0.6) is 5.75 Å². The molecule has 1 aliphatic rings. The van der Waals surface area contributed by atoms with Crippen molar-refractivity contribution in [1.82, 2.24) is 0 Å². The van der Waals surface area contributed by atoms with Crippen molar-refractivity contribution in [3.63, 3.8) is 0 Å². The number of rotatable bonds is 6. The standard InChI is InChI=1S/C27H28N2O3S/c1-17(2)32-21-14-10-19(11-15-21)28-24-23(22-7-6-16-33-22)25(30)29(26(24)31)20-12-8-18(9-13-20)27(3,4)5/h6-17,28H,1-5H3. The maximum Gasteiger partial charge on any atom is 0.282 e. The topological polar surface area (TPSA) is 58.6 Å². The molecule has 1 aliphatic heterocycles. The number of nitrogens with one attached hydrogen (secondary N) is 1. The second kappa shape index (κ2) is 8.87. The lowest BCUT2D eigenvalue weighted by Crippen LogP contribution is -2.32. The van der Waals surface area contributed by atoms with E-state index in [9.17, 15) is 9.59 Å². The van der Waals surface area contributed by atoms with Crippen LogP contribution in [0.2, 0.25) is 0 Å². The van der Waals surface area contributed by atoms with Gasteiger partial charge in [-0.1, -0.05) is 39.0 Å². The van der Waals surface area contributed by atoms with Crippen molar-refractivity contribution in [2.24, 2.45) is 0 Å². The SMILES string of the molecule is CC(C)Oc1ccc(NC2=C(c3cccs3)C(=O)N(c3ccc(C(C)(C)C)cc3)C2=O)cc1. The molecule has 0 atom stereocenters. The third-order valence-corrected chi connectivity index (χ3v) is 6.23. The maximum atomic E-state index is 13.5. The summed E-state index contributed by atoms with van der Waals surface area (Å²) in [5.74, 6) is 0.0556. The molecule has 0 bridgehead atoms. The lowest BCUT2D eigenvalue weighted by molar-refractivity contribution is -0.120. The number of carbonyl (C=O) groups excluding carboxylic acids is 2. The molecular formula is C27H28N2O3S. The van der Waals surface area contributed by atoms with Gasteiger partial charge in [0.2, 0.25) is 0 Å². The molecule has 170 valence electrons. The second-order valence-electron chi connectivity index (χ2n) is 9.29. The highest BCUT2D eigenvalue weighted by atomic mass is 32.1. The van der Waals surface area contributed by atoms with Gasteiger partial charge >= 0.3 is 0 Å². The average molecular weight is 461 g/mol. The first-order valence-corrected chi connectivity index (χ1v) is 11.8.